The molecule has 1 N–H and O–H groups in total. The van der Waals surface area contributed by atoms with Crippen LogP contribution in [-0.2, 0) is 11.3 Å². The number of carbonyl (C=O) groups excluding carboxylic acids is 2. The van der Waals surface area contributed by atoms with Crippen molar-refractivity contribution >= 4 is 17.5 Å². The molecule has 1 aliphatic heterocycles. The lowest BCUT2D eigenvalue weighted by Gasteiger charge is -2.32. The van der Waals surface area contributed by atoms with Crippen molar-refractivity contribution in [3.8, 4) is 0 Å². The first kappa shape index (κ1) is 21.8. The minimum atomic E-state index is -0.0848. The highest BCUT2D eigenvalue weighted by molar-refractivity contribution is 5.94. The SMILES string of the molecule is CC/C=C(\C)C(=O)N1CCC(c2ccc(C(=O)NCc3ccn4ccnc4c3)cc2)CC1. The van der Waals surface area contributed by atoms with Gasteiger partial charge in [-0.1, -0.05) is 25.1 Å². The van der Waals surface area contributed by atoms with Gasteiger partial charge in [-0.25, -0.2) is 4.98 Å². The van der Waals surface area contributed by atoms with Gasteiger partial charge in [0.1, 0.15) is 5.65 Å². The molecular formula is C26H30N4O2. The lowest BCUT2D eigenvalue weighted by molar-refractivity contribution is -0.128. The third-order valence-electron chi connectivity index (χ3n) is 6.19. The first-order valence-corrected chi connectivity index (χ1v) is 11.3. The third-order valence-corrected chi connectivity index (χ3v) is 6.19. The van der Waals surface area contributed by atoms with Crippen LogP contribution in [0.5, 0.6) is 0 Å². The number of allylic oxidation sites excluding steroid dienone is 1. The summed E-state index contributed by atoms with van der Waals surface area (Å²) in [4.78, 5) is 31.3. The second-order valence-corrected chi connectivity index (χ2v) is 8.39. The summed E-state index contributed by atoms with van der Waals surface area (Å²) in [6.45, 7) is 5.97. The molecule has 0 bridgehead atoms. The Labute approximate surface area is 189 Å². The molecule has 0 unspecified atom stereocenters. The predicted molar refractivity (Wildman–Crippen MR) is 125 cm³/mol. The van der Waals surface area contributed by atoms with Crippen LogP contribution in [0.25, 0.3) is 5.65 Å². The van der Waals surface area contributed by atoms with E-state index in [1.54, 1.807) is 6.20 Å². The number of aromatic nitrogens is 2. The van der Waals surface area contributed by atoms with E-state index < -0.39 is 0 Å². The summed E-state index contributed by atoms with van der Waals surface area (Å²) in [7, 11) is 0. The molecule has 1 aromatic carbocycles. The zero-order valence-electron chi connectivity index (χ0n) is 18.8. The molecule has 0 saturated carbocycles. The number of pyridine rings is 1. The number of nitrogens with one attached hydrogen (secondary N) is 1. The summed E-state index contributed by atoms with van der Waals surface area (Å²) >= 11 is 0. The molecule has 0 atom stereocenters. The van der Waals surface area contributed by atoms with E-state index >= 15 is 0 Å². The van der Waals surface area contributed by atoms with E-state index in [0.29, 0.717) is 18.0 Å². The van der Waals surface area contributed by atoms with Crippen molar-refractivity contribution in [3.05, 3.63) is 83.3 Å². The normalized spacial score (nSPS) is 15.2. The zero-order chi connectivity index (χ0) is 22.5. The molecule has 4 rings (SSSR count). The number of nitrogens with zero attached hydrogens (tertiary/aromatic N) is 3. The average molecular weight is 431 g/mol. The zero-order valence-corrected chi connectivity index (χ0v) is 18.8. The molecule has 6 nitrogen and oxygen atoms in total. The van der Waals surface area contributed by atoms with Gasteiger partial charge in [0.15, 0.2) is 0 Å². The molecule has 0 spiro atoms. The van der Waals surface area contributed by atoms with E-state index in [0.717, 1.165) is 49.1 Å². The Morgan fingerprint density at radius 3 is 2.59 bits per heavy atom. The summed E-state index contributed by atoms with van der Waals surface area (Å²) < 4.78 is 1.94. The smallest absolute Gasteiger partial charge is 0.251 e. The standard InChI is InChI=1S/C26H30N4O2/c1-3-4-19(2)26(32)30-14-10-22(11-15-30)21-5-7-23(8-6-21)25(31)28-18-20-9-13-29-16-12-27-24(29)17-20/h4-9,12-13,16-17,22H,3,10-11,14-15,18H2,1-2H3,(H,28,31)/b19-4+. The summed E-state index contributed by atoms with van der Waals surface area (Å²) in [5.74, 6) is 0.496. The number of hydrogen-bond donors (Lipinski definition) is 1. The maximum Gasteiger partial charge on any atom is 0.251 e. The lowest BCUT2D eigenvalue weighted by atomic mass is 9.88. The van der Waals surface area contributed by atoms with Gasteiger partial charge in [0.05, 0.1) is 0 Å². The van der Waals surface area contributed by atoms with E-state index in [1.165, 1.54) is 5.56 Å². The number of piperidine rings is 1. The van der Waals surface area contributed by atoms with Crippen molar-refractivity contribution in [3.63, 3.8) is 0 Å². The highest BCUT2D eigenvalue weighted by Gasteiger charge is 2.24. The number of benzene rings is 1. The topological polar surface area (TPSA) is 66.7 Å². The van der Waals surface area contributed by atoms with Gasteiger partial charge in [-0.05, 0) is 67.5 Å². The number of fused-ring (bicyclic) bond motifs is 1. The van der Waals surface area contributed by atoms with Crippen molar-refractivity contribution in [2.75, 3.05) is 13.1 Å². The highest BCUT2D eigenvalue weighted by Crippen LogP contribution is 2.28. The predicted octanol–water partition coefficient (Wildman–Crippen LogP) is 4.33. The third kappa shape index (κ3) is 4.90. The number of carbonyl (C=O) groups is 2. The van der Waals surface area contributed by atoms with E-state index in [2.05, 4.69) is 22.4 Å². The molecule has 6 heteroatoms. The summed E-state index contributed by atoms with van der Waals surface area (Å²) in [5, 5.41) is 2.98. The first-order chi connectivity index (χ1) is 15.5. The minimum Gasteiger partial charge on any atom is -0.348 e. The monoisotopic (exact) mass is 430 g/mol. The Morgan fingerprint density at radius 2 is 1.88 bits per heavy atom. The fraction of sp³-hybridized carbons (Fsp3) is 0.346. The second kappa shape index (κ2) is 9.81. The maximum atomic E-state index is 12.6. The summed E-state index contributed by atoms with van der Waals surface area (Å²) in [6.07, 6.45) is 10.4. The summed E-state index contributed by atoms with van der Waals surface area (Å²) in [5.41, 5.74) is 4.61. The molecule has 0 aliphatic carbocycles. The van der Waals surface area contributed by atoms with Crippen molar-refractivity contribution in [1.29, 1.82) is 0 Å². The Bertz CT molecular complexity index is 1120. The van der Waals surface area contributed by atoms with Crippen LogP contribution in [0.3, 0.4) is 0 Å². The number of hydrogen-bond acceptors (Lipinski definition) is 3. The minimum absolute atomic E-state index is 0.0848. The van der Waals surface area contributed by atoms with Crippen LogP contribution in [0.2, 0.25) is 0 Å². The van der Waals surface area contributed by atoms with Crippen LogP contribution >= 0.6 is 0 Å². The fourth-order valence-electron chi connectivity index (χ4n) is 4.31. The highest BCUT2D eigenvalue weighted by atomic mass is 16.2. The van der Waals surface area contributed by atoms with Crippen LogP contribution in [0.4, 0.5) is 0 Å². The van der Waals surface area contributed by atoms with Crippen molar-refractivity contribution in [1.82, 2.24) is 19.6 Å². The van der Waals surface area contributed by atoms with Gasteiger partial charge >= 0.3 is 0 Å². The van der Waals surface area contributed by atoms with Gasteiger partial charge in [-0.3, -0.25) is 9.59 Å². The molecule has 2 aromatic heterocycles. The second-order valence-electron chi connectivity index (χ2n) is 8.39. The number of amides is 2. The van der Waals surface area contributed by atoms with Gasteiger partial charge in [0.25, 0.3) is 5.91 Å². The summed E-state index contributed by atoms with van der Waals surface area (Å²) in [6, 6.07) is 11.8. The van der Waals surface area contributed by atoms with Crippen LogP contribution in [0, 0.1) is 0 Å². The van der Waals surface area contributed by atoms with Gasteiger partial charge in [-0.2, -0.15) is 0 Å². The largest absolute Gasteiger partial charge is 0.348 e. The van der Waals surface area contributed by atoms with Crippen molar-refractivity contribution < 1.29 is 9.59 Å². The number of imidazole rings is 1. The lowest BCUT2D eigenvalue weighted by Crippen LogP contribution is -2.38. The fourth-order valence-corrected chi connectivity index (χ4v) is 4.31. The molecular weight excluding hydrogens is 400 g/mol. The number of likely N-dealkylation sites (tertiary alicyclic amines) is 1. The van der Waals surface area contributed by atoms with Crippen LogP contribution in [0.1, 0.15) is 60.5 Å². The van der Waals surface area contributed by atoms with Crippen LogP contribution < -0.4 is 5.32 Å². The number of rotatable bonds is 6. The molecule has 3 aromatic rings. The Hall–Kier alpha value is -3.41. The van der Waals surface area contributed by atoms with E-state index in [1.807, 2.05) is 65.9 Å². The van der Waals surface area contributed by atoms with E-state index in [4.69, 9.17) is 0 Å². The molecule has 1 aliphatic rings. The molecule has 3 heterocycles. The van der Waals surface area contributed by atoms with Crippen LogP contribution in [0.15, 0.2) is 66.6 Å². The molecule has 32 heavy (non-hydrogen) atoms. The van der Waals surface area contributed by atoms with Gasteiger partial charge in [0.2, 0.25) is 5.91 Å². The Kier molecular flexibility index (Phi) is 6.69. The van der Waals surface area contributed by atoms with Crippen molar-refractivity contribution in [2.45, 2.75) is 45.6 Å². The molecule has 2 amide bonds. The van der Waals surface area contributed by atoms with Crippen molar-refractivity contribution in [2.24, 2.45) is 0 Å². The van der Waals surface area contributed by atoms with E-state index in [-0.39, 0.29) is 11.8 Å². The molecule has 1 saturated heterocycles. The molecule has 1 fully saturated rings. The first-order valence-electron chi connectivity index (χ1n) is 11.3. The molecule has 0 radical (unpaired) electrons. The average Bonchev–Trinajstić information content (AvgIpc) is 3.30. The maximum absolute atomic E-state index is 12.6. The van der Waals surface area contributed by atoms with Gasteiger partial charge < -0.3 is 14.6 Å². The van der Waals surface area contributed by atoms with Crippen LogP contribution in [-0.4, -0.2) is 39.2 Å². The Balaban J connectivity index is 1.30. The Morgan fingerprint density at radius 1 is 1.12 bits per heavy atom. The van der Waals surface area contributed by atoms with Gasteiger partial charge in [0, 0.05) is 49.4 Å². The van der Waals surface area contributed by atoms with Gasteiger partial charge in [-0.15, -0.1) is 0 Å². The molecule has 166 valence electrons. The van der Waals surface area contributed by atoms with E-state index in [9.17, 15) is 9.59 Å². The quantitative estimate of drug-likeness (QED) is 0.592.